The van der Waals surface area contributed by atoms with Gasteiger partial charge in [0, 0.05) is 33.1 Å². The quantitative estimate of drug-likeness (QED) is 0.337. The number of rotatable bonds is 6. The smallest absolute Gasteiger partial charge is 0.271 e. The van der Waals surface area contributed by atoms with Crippen LogP contribution in [-0.4, -0.2) is 23.4 Å². The molecule has 2 rings (SSSR count). The number of nitrogens with one attached hydrogen (secondary N) is 3. The summed E-state index contributed by atoms with van der Waals surface area (Å²) in [7, 11) is 0. The Morgan fingerprint density at radius 3 is 2.30 bits per heavy atom. The first-order chi connectivity index (χ1) is 12.8. The molecule has 0 saturated carbocycles. The molecule has 0 aliphatic heterocycles. The highest BCUT2D eigenvalue weighted by atomic mass is 127. The number of benzene rings is 2. The van der Waals surface area contributed by atoms with Crippen LogP contribution in [0.1, 0.15) is 30.6 Å². The van der Waals surface area contributed by atoms with E-state index in [9.17, 15) is 14.4 Å². The van der Waals surface area contributed by atoms with Crippen molar-refractivity contribution in [2.24, 2.45) is 5.10 Å². The van der Waals surface area contributed by atoms with Crippen molar-refractivity contribution in [1.29, 1.82) is 0 Å². The van der Waals surface area contributed by atoms with Crippen LogP contribution < -0.4 is 16.1 Å². The summed E-state index contributed by atoms with van der Waals surface area (Å²) in [5.74, 6) is -0.801. The van der Waals surface area contributed by atoms with Crippen molar-refractivity contribution >= 4 is 57.4 Å². The SMILES string of the molecule is CC(=O)Nc1ccc(C(=O)N/N=C(/C)CC(=O)Nc2cccc(I)c2)cc1. The number of halogens is 1. The van der Waals surface area contributed by atoms with Crippen molar-refractivity contribution in [2.45, 2.75) is 20.3 Å². The summed E-state index contributed by atoms with van der Waals surface area (Å²) >= 11 is 2.17. The van der Waals surface area contributed by atoms with Gasteiger partial charge in [-0.25, -0.2) is 5.43 Å². The second-order valence-corrected chi connectivity index (χ2v) is 7.03. The van der Waals surface area contributed by atoms with Crippen LogP contribution in [0.2, 0.25) is 0 Å². The molecule has 0 bridgehead atoms. The van der Waals surface area contributed by atoms with Crippen molar-refractivity contribution in [1.82, 2.24) is 5.43 Å². The molecule has 0 fully saturated rings. The maximum Gasteiger partial charge on any atom is 0.271 e. The van der Waals surface area contributed by atoms with Crippen LogP contribution in [0.4, 0.5) is 11.4 Å². The lowest BCUT2D eigenvalue weighted by Gasteiger charge is -2.06. The van der Waals surface area contributed by atoms with Crippen LogP contribution in [0.3, 0.4) is 0 Å². The molecule has 0 heterocycles. The molecule has 7 nitrogen and oxygen atoms in total. The molecule has 2 aromatic rings. The van der Waals surface area contributed by atoms with E-state index in [0.29, 0.717) is 22.6 Å². The third-order valence-electron chi connectivity index (χ3n) is 3.34. The maximum atomic E-state index is 12.1. The molecule has 0 radical (unpaired) electrons. The van der Waals surface area contributed by atoms with Crippen molar-refractivity contribution in [3.05, 3.63) is 57.7 Å². The molecule has 140 valence electrons. The molecule has 2 aromatic carbocycles. The first-order valence-corrected chi connectivity index (χ1v) is 9.18. The topological polar surface area (TPSA) is 99.7 Å². The minimum absolute atomic E-state index is 0.0627. The van der Waals surface area contributed by atoms with Crippen LogP contribution in [0.5, 0.6) is 0 Å². The number of hydrogen-bond donors (Lipinski definition) is 3. The lowest BCUT2D eigenvalue weighted by molar-refractivity contribution is -0.115. The molecule has 0 saturated heterocycles. The molecule has 8 heteroatoms. The van der Waals surface area contributed by atoms with E-state index in [0.717, 1.165) is 3.57 Å². The Hall–Kier alpha value is -2.75. The van der Waals surface area contributed by atoms with Crippen molar-refractivity contribution in [2.75, 3.05) is 10.6 Å². The van der Waals surface area contributed by atoms with Gasteiger partial charge in [-0.3, -0.25) is 14.4 Å². The van der Waals surface area contributed by atoms with Gasteiger partial charge >= 0.3 is 0 Å². The first-order valence-electron chi connectivity index (χ1n) is 8.10. The predicted molar refractivity (Wildman–Crippen MR) is 114 cm³/mol. The molecule has 3 amide bonds. The molecule has 27 heavy (non-hydrogen) atoms. The molecule has 0 aliphatic rings. The Bertz CT molecular complexity index is 879. The molecule has 0 atom stereocenters. The fraction of sp³-hybridized carbons (Fsp3) is 0.158. The largest absolute Gasteiger partial charge is 0.326 e. The number of nitrogens with zero attached hydrogens (tertiary/aromatic N) is 1. The number of anilines is 2. The fourth-order valence-electron chi connectivity index (χ4n) is 2.16. The predicted octanol–water partition coefficient (Wildman–Crippen LogP) is 3.38. The summed E-state index contributed by atoms with van der Waals surface area (Å²) in [6.45, 7) is 3.07. The number of amides is 3. The molecule has 0 unspecified atom stereocenters. The molecular weight excluding hydrogens is 459 g/mol. The second-order valence-electron chi connectivity index (χ2n) is 5.78. The van der Waals surface area contributed by atoms with Crippen molar-refractivity contribution < 1.29 is 14.4 Å². The third kappa shape index (κ3) is 7.18. The summed E-state index contributed by atoms with van der Waals surface area (Å²) in [6.07, 6.45) is 0.0627. The standard InChI is InChI=1S/C19H19IN4O3/c1-12(10-18(26)22-17-5-3-4-15(20)11-17)23-24-19(27)14-6-8-16(9-7-14)21-13(2)25/h3-9,11H,10H2,1-2H3,(H,21,25)(H,22,26)(H,24,27)/b23-12-. The van der Waals surface area contributed by atoms with Gasteiger partial charge in [0.1, 0.15) is 0 Å². The lowest BCUT2D eigenvalue weighted by Crippen LogP contribution is -2.21. The third-order valence-corrected chi connectivity index (χ3v) is 4.01. The zero-order valence-corrected chi connectivity index (χ0v) is 17.0. The Balaban J connectivity index is 1.87. The van der Waals surface area contributed by atoms with E-state index in [2.05, 4.69) is 43.8 Å². The van der Waals surface area contributed by atoms with E-state index in [1.54, 1.807) is 37.3 Å². The van der Waals surface area contributed by atoms with Gasteiger partial charge in [0.25, 0.3) is 5.91 Å². The van der Waals surface area contributed by atoms with Gasteiger partial charge < -0.3 is 10.6 Å². The maximum absolute atomic E-state index is 12.1. The Morgan fingerprint density at radius 2 is 1.67 bits per heavy atom. The molecule has 0 aromatic heterocycles. The van der Waals surface area contributed by atoms with Gasteiger partial charge in [-0.05, 0) is 72.0 Å². The van der Waals surface area contributed by atoms with Gasteiger partial charge in [-0.15, -0.1) is 0 Å². The Labute approximate surface area is 170 Å². The van der Waals surface area contributed by atoms with E-state index >= 15 is 0 Å². The van der Waals surface area contributed by atoms with Crippen LogP contribution in [0.25, 0.3) is 0 Å². The van der Waals surface area contributed by atoms with Gasteiger partial charge in [0.2, 0.25) is 11.8 Å². The van der Waals surface area contributed by atoms with Crippen molar-refractivity contribution in [3.8, 4) is 0 Å². The second kappa shape index (κ2) is 9.81. The van der Waals surface area contributed by atoms with Crippen LogP contribution >= 0.6 is 22.6 Å². The summed E-state index contributed by atoms with van der Waals surface area (Å²) in [5, 5.41) is 9.36. The molecule has 3 N–H and O–H groups in total. The van der Waals surface area contributed by atoms with Crippen LogP contribution in [0.15, 0.2) is 53.6 Å². The van der Waals surface area contributed by atoms with E-state index in [-0.39, 0.29) is 18.2 Å². The van der Waals surface area contributed by atoms with E-state index in [4.69, 9.17) is 0 Å². The average Bonchev–Trinajstić information content (AvgIpc) is 2.59. The summed E-state index contributed by atoms with van der Waals surface area (Å²) in [5.41, 5.74) is 4.60. The number of hydrogen-bond acceptors (Lipinski definition) is 4. The van der Waals surface area contributed by atoms with Gasteiger partial charge in [0.15, 0.2) is 0 Å². The monoisotopic (exact) mass is 478 g/mol. The lowest BCUT2D eigenvalue weighted by atomic mass is 10.2. The van der Waals surface area contributed by atoms with E-state index in [1.807, 2.05) is 18.2 Å². The summed E-state index contributed by atoms with van der Waals surface area (Å²) < 4.78 is 1.02. The number of carbonyl (C=O) groups is 3. The van der Waals surface area contributed by atoms with Crippen LogP contribution in [0, 0.1) is 3.57 Å². The molecule has 0 aliphatic carbocycles. The Kier molecular flexibility index (Phi) is 7.47. The van der Waals surface area contributed by atoms with Gasteiger partial charge in [0.05, 0.1) is 6.42 Å². The normalized spacial score (nSPS) is 10.9. The van der Waals surface area contributed by atoms with Gasteiger partial charge in [-0.1, -0.05) is 6.07 Å². The first kappa shape index (κ1) is 20.6. The highest BCUT2D eigenvalue weighted by molar-refractivity contribution is 14.1. The Morgan fingerprint density at radius 1 is 0.963 bits per heavy atom. The fourth-order valence-corrected chi connectivity index (χ4v) is 2.71. The average molecular weight is 478 g/mol. The van der Waals surface area contributed by atoms with Crippen molar-refractivity contribution in [3.63, 3.8) is 0 Å². The highest BCUT2D eigenvalue weighted by Crippen LogP contribution is 2.13. The molecular formula is C19H19IN4O3. The minimum atomic E-state index is -0.401. The van der Waals surface area contributed by atoms with Gasteiger partial charge in [-0.2, -0.15) is 5.10 Å². The van der Waals surface area contributed by atoms with Crippen LogP contribution in [-0.2, 0) is 9.59 Å². The summed E-state index contributed by atoms with van der Waals surface area (Å²) in [4.78, 5) is 35.1. The van der Waals surface area contributed by atoms with E-state index < -0.39 is 5.91 Å². The minimum Gasteiger partial charge on any atom is -0.326 e. The highest BCUT2D eigenvalue weighted by Gasteiger charge is 2.08. The number of carbonyl (C=O) groups excluding carboxylic acids is 3. The zero-order valence-electron chi connectivity index (χ0n) is 14.9. The number of hydrazone groups is 1. The van der Waals surface area contributed by atoms with E-state index in [1.165, 1.54) is 6.92 Å². The summed E-state index contributed by atoms with van der Waals surface area (Å²) in [6, 6.07) is 13.9. The molecule has 0 spiro atoms. The zero-order chi connectivity index (χ0) is 19.8.